The van der Waals surface area contributed by atoms with Crippen LogP contribution in [-0.2, 0) is 16.1 Å². The number of hydrogen-bond acceptors (Lipinski definition) is 5. The molecular formula is C29H26ClNO5. The molecule has 1 amide bonds. The number of aliphatic hydroxyl groups excluding tert-OH is 1. The topological polar surface area (TPSA) is 76.1 Å². The van der Waals surface area contributed by atoms with E-state index in [0.29, 0.717) is 40.9 Å². The van der Waals surface area contributed by atoms with E-state index in [1.807, 2.05) is 37.3 Å². The van der Waals surface area contributed by atoms with Gasteiger partial charge in [0.05, 0.1) is 18.2 Å². The number of ether oxygens (including phenoxy) is 2. The molecule has 1 fully saturated rings. The van der Waals surface area contributed by atoms with Crippen molar-refractivity contribution in [3.63, 3.8) is 0 Å². The van der Waals surface area contributed by atoms with E-state index in [0.717, 1.165) is 5.56 Å². The lowest BCUT2D eigenvalue weighted by atomic mass is 9.94. The molecule has 0 spiro atoms. The summed E-state index contributed by atoms with van der Waals surface area (Å²) in [5.74, 6) is -0.736. The summed E-state index contributed by atoms with van der Waals surface area (Å²) in [4.78, 5) is 28.0. The maximum Gasteiger partial charge on any atom is 0.295 e. The van der Waals surface area contributed by atoms with Gasteiger partial charge < -0.3 is 19.5 Å². The number of halogens is 1. The lowest BCUT2D eigenvalue weighted by Gasteiger charge is -2.26. The Labute approximate surface area is 215 Å². The van der Waals surface area contributed by atoms with E-state index in [2.05, 4.69) is 6.58 Å². The highest BCUT2D eigenvalue weighted by Gasteiger charge is 2.46. The van der Waals surface area contributed by atoms with Crippen molar-refractivity contribution in [3.05, 3.63) is 113 Å². The van der Waals surface area contributed by atoms with Crippen molar-refractivity contribution in [1.29, 1.82) is 0 Å². The van der Waals surface area contributed by atoms with E-state index in [-0.39, 0.29) is 17.9 Å². The molecule has 36 heavy (non-hydrogen) atoms. The van der Waals surface area contributed by atoms with E-state index in [1.165, 1.54) is 4.90 Å². The molecule has 1 unspecified atom stereocenters. The number of carbonyl (C=O) groups excluding carboxylic acids is 2. The zero-order valence-corrected chi connectivity index (χ0v) is 20.6. The van der Waals surface area contributed by atoms with Crippen molar-refractivity contribution in [2.45, 2.75) is 19.5 Å². The Morgan fingerprint density at radius 3 is 2.42 bits per heavy atom. The van der Waals surface area contributed by atoms with Crippen molar-refractivity contribution in [3.8, 4) is 11.5 Å². The smallest absolute Gasteiger partial charge is 0.295 e. The van der Waals surface area contributed by atoms with Crippen molar-refractivity contribution < 1.29 is 24.2 Å². The fourth-order valence-corrected chi connectivity index (χ4v) is 4.29. The highest BCUT2D eigenvalue weighted by atomic mass is 35.5. The third-order valence-corrected chi connectivity index (χ3v) is 6.05. The van der Waals surface area contributed by atoms with Crippen LogP contribution >= 0.6 is 11.6 Å². The van der Waals surface area contributed by atoms with E-state index >= 15 is 0 Å². The van der Waals surface area contributed by atoms with Gasteiger partial charge in [0.25, 0.3) is 11.7 Å². The fraction of sp³-hybridized carbons (Fsp3) is 0.172. The van der Waals surface area contributed by atoms with Gasteiger partial charge in [0.2, 0.25) is 0 Å². The third kappa shape index (κ3) is 5.14. The Bertz CT molecular complexity index is 1300. The van der Waals surface area contributed by atoms with Crippen LogP contribution in [0.2, 0.25) is 5.02 Å². The summed E-state index contributed by atoms with van der Waals surface area (Å²) < 4.78 is 11.5. The van der Waals surface area contributed by atoms with Crippen LogP contribution in [0.1, 0.15) is 29.7 Å². The van der Waals surface area contributed by atoms with Crippen LogP contribution in [0.5, 0.6) is 11.5 Å². The molecule has 184 valence electrons. The standard InChI is InChI=1S/C29H26ClNO5/c1-3-16-36-23-15-12-21(17-24(23)35-4-2)26-25(27(32)20-10-13-22(30)14-11-20)28(33)29(34)31(26)18-19-8-6-5-7-9-19/h3,5-15,17,26,32H,1,4,16,18H2,2H3. The quantitative estimate of drug-likeness (QED) is 0.170. The van der Waals surface area contributed by atoms with Crippen molar-refractivity contribution in [1.82, 2.24) is 4.90 Å². The minimum atomic E-state index is -0.839. The van der Waals surface area contributed by atoms with Crippen LogP contribution in [0.4, 0.5) is 0 Å². The second-order valence-corrected chi connectivity index (χ2v) is 8.59. The second kappa shape index (κ2) is 11.1. The lowest BCUT2D eigenvalue weighted by Crippen LogP contribution is -2.29. The molecule has 6 nitrogen and oxygen atoms in total. The van der Waals surface area contributed by atoms with E-state index in [9.17, 15) is 14.7 Å². The Morgan fingerprint density at radius 1 is 1.03 bits per heavy atom. The number of Topliss-reactive ketones (excluding diaryl/α,β-unsaturated/α-hetero) is 1. The first-order valence-corrected chi connectivity index (χ1v) is 11.9. The molecule has 0 aliphatic carbocycles. The third-order valence-electron chi connectivity index (χ3n) is 5.79. The number of likely N-dealkylation sites (tertiary alicyclic amines) is 1. The number of nitrogens with zero attached hydrogens (tertiary/aromatic N) is 1. The number of rotatable bonds is 9. The van der Waals surface area contributed by atoms with E-state index < -0.39 is 17.7 Å². The maximum atomic E-state index is 13.3. The molecule has 1 aliphatic rings. The first-order chi connectivity index (χ1) is 17.4. The summed E-state index contributed by atoms with van der Waals surface area (Å²) in [6.45, 7) is 6.40. The van der Waals surface area contributed by atoms with Gasteiger partial charge >= 0.3 is 0 Å². The Morgan fingerprint density at radius 2 is 1.75 bits per heavy atom. The Kier molecular flexibility index (Phi) is 7.76. The second-order valence-electron chi connectivity index (χ2n) is 8.16. The van der Waals surface area contributed by atoms with Crippen LogP contribution in [0, 0.1) is 0 Å². The first-order valence-electron chi connectivity index (χ1n) is 11.5. The number of aliphatic hydroxyl groups is 1. The summed E-state index contributed by atoms with van der Waals surface area (Å²) in [5.41, 5.74) is 1.85. The minimum absolute atomic E-state index is 0.000428. The van der Waals surface area contributed by atoms with Gasteiger partial charge in [0, 0.05) is 17.1 Å². The molecule has 1 saturated heterocycles. The summed E-state index contributed by atoms with van der Waals surface area (Å²) in [7, 11) is 0. The average Bonchev–Trinajstić information content (AvgIpc) is 3.13. The lowest BCUT2D eigenvalue weighted by molar-refractivity contribution is -0.140. The van der Waals surface area contributed by atoms with Crippen LogP contribution < -0.4 is 9.47 Å². The monoisotopic (exact) mass is 503 g/mol. The van der Waals surface area contributed by atoms with Crippen molar-refractivity contribution in [2.24, 2.45) is 0 Å². The molecule has 0 bridgehead atoms. The molecule has 3 aromatic rings. The van der Waals surface area contributed by atoms with Gasteiger partial charge in [-0.3, -0.25) is 9.59 Å². The number of ketones is 1. The van der Waals surface area contributed by atoms with Gasteiger partial charge in [0.1, 0.15) is 12.4 Å². The average molecular weight is 504 g/mol. The summed E-state index contributed by atoms with van der Waals surface area (Å²) >= 11 is 6.01. The first kappa shape index (κ1) is 25.1. The number of benzene rings is 3. The van der Waals surface area contributed by atoms with Crippen molar-refractivity contribution >= 4 is 29.1 Å². The zero-order chi connectivity index (χ0) is 25.7. The van der Waals surface area contributed by atoms with Gasteiger partial charge in [-0.2, -0.15) is 0 Å². The molecule has 0 aromatic heterocycles. The number of amides is 1. The molecule has 0 saturated carbocycles. The van der Waals surface area contributed by atoms with Crippen LogP contribution in [0.3, 0.4) is 0 Å². The van der Waals surface area contributed by atoms with Crippen molar-refractivity contribution in [2.75, 3.05) is 13.2 Å². The molecule has 7 heteroatoms. The van der Waals surface area contributed by atoms with Gasteiger partial charge in [-0.1, -0.05) is 60.7 Å². The highest BCUT2D eigenvalue weighted by molar-refractivity contribution is 6.46. The predicted octanol–water partition coefficient (Wildman–Crippen LogP) is 5.93. The highest BCUT2D eigenvalue weighted by Crippen LogP contribution is 2.42. The largest absolute Gasteiger partial charge is 0.507 e. The molecule has 1 atom stereocenters. The molecule has 1 aliphatic heterocycles. The number of carbonyl (C=O) groups is 2. The Balaban J connectivity index is 1.87. The van der Waals surface area contributed by atoms with Gasteiger partial charge in [-0.15, -0.1) is 0 Å². The zero-order valence-electron chi connectivity index (χ0n) is 19.8. The molecule has 0 radical (unpaired) electrons. The van der Waals surface area contributed by atoms with Gasteiger partial charge in [0.15, 0.2) is 11.5 Å². The van der Waals surface area contributed by atoms with Crippen LogP contribution in [0.25, 0.3) is 5.76 Å². The van der Waals surface area contributed by atoms with E-state index in [4.69, 9.17) is 21.1 Å². The molecule has 3 aromatic carbocycles. The van der Waals surface area contributed by atoms with Gasteiger partial charge in [-0.05, 0) is 54.4 Å². The summed E-state index contributed by atoms with van der Waals surface area (Å²) in [6, 6.07) is 20.2. The Hall–Kier alpha value is -4.03. The normalized spacial score (nSPS) is 16.7. The predicted molar refractivity (Wildman–Crippen MR) is 139 cm³/mol. The molecule has 4 rings (SSSR count). The number of hydrogen-bond donors (Lipinski definition) is 1. The fourth-order valence-electron chi connectivity index (χ4n) is 4.16. The summed E-state index contributed by atoms with van der Waals surface area (Å²) in [5, 5.41) is 11.7. The molecule has 1 N–H and O–H groups in total. The molecule has 1 heterocycles. The summed E-state index contributed by atoms with van der Waals surface area (Å²) in [6.07, 6.45) is 1.63. The van der Waals surface area contributed by atoms with Crippen LogP contribution in [0.15, 0.2) is 91.0 Å². The van der Waals surface area contributed by atoms with Crippen LogP contribution in [-0.4, -0.2) is 34.9 Å². The minimum Gasteiger partial charge on any atom is -0.507 e. The SMILES string of the molecule is C=CCOc1ccc(C2C(=C(O)c3ccc(Cl)cc3)C(=O)C(=O)N2Cc2ccccc2)cc1OCC. The maximum absolute atomic E-state index is 13.3. The van der Waals surface area contributed by atoms with Gasteiger partial charge in [-0.25, -0.2) is 0 Å². The van der Waals surface area contributed by atoms with E-state index in [1.54, 1.807) is 48.5 Å². The molecular weight excluding hydrogens is 478 g/mol.